The second-order valence-corrected chi connectivity index (χ2v) is 5.98. The van der Waals surface area contributed by atoms with Crippen LogP contribution in [0.1, 0.15) is 36.9 Å². The second kappa shape index (κ2) is 6.20. The molecule has 3 nitrogen and oxygen atoms in total. The van der Waals surface area contributed by atoms with Crippen molar-refractivity contribution in [1.82, 2.24) is 4.90 Å². The molecule has 112 valence electrons. The van der Waals surface area contributed by atoms with Crippen LogP contribution in [0.2, 0.25) is 0 Å². The fourth-order valence-electron chi connectivity index (χ4n) is 3.12. The van der Waals surface area contributed by atoms with E-state index >= 15 is 0 Å². The van der Waals surface area contributed by atoms with Crippen LogP contribution in [-0.4, -0.2) is 37.2 Å². The lowest BCUT2D eigenvalue weighted by molar-refractivity contribution is -0.0609. The zero-order chi connectivity index (χ0) is 14.8. The van der Waals surface area contributed by atoms with Gasteiger partial charge in [0.05, 0.1) is 5.60 Å². The Morgan fingerprint density at radius 3 is 2.90 bits per heavy atom. The number of methoxy groups -OCH3 is 1. The monoisotopic (exact) mass is 280 g/mol. The summed E-state index contributed by atoms with van der Waals surface area (Å²) in [4.78, 5) is 2.33. The highest BCUT2D eigenvalue weighted by atomic mass is 19.1. The van der Waals surface area contributed by atoms with Crippen LogP contribution in [0.5, 0.6) is 0 Å². The van der Waals surface area contributed by atoms with Gasteiger partial charge >= 0.3 is 0 Å². The molecule has 2 N–H and O–H groups in total. The molecular weight excluding hydrogens is 255 g/mol. The van der Waals surface area contributed by atoms with Gasteiger partial charge in [-0.25, -0.2) is 4.39 Å². The van der Waals surface area contributed by atoms with Gasteiger partial charge in [-0.2, -0.15) is 0 Å². The average molecular weight is 280 g/mol. The van der Waals surface area contributed by atoms with Gasteiger partial charge < -0.3 is 10.5 Å². The Morgan fingerprint density at radius 1 is 1.50 bits per heavy atom. The third kappa shape index (κ3) is 3.19. The van der Waals surface area contributed by atoms with Crippen molar-refractivity contribution in [2.24, 2.45) is 5.73 Å². The molecule has 1 heterocycles. The maximum atomic E-state index is 13.5. The van der Waals surface area contributed by atoms with E-state index in [1.807, 2.05) is 13.0 Å². The molecule has 1 aromatic rings. The summed E-state index contributed by atoms with van der Waals surface area (Å²) < 4.78 is 19.2. The number of hydrogen-bond donors (Lipinski definition) is 1. The molecule has 20 heavy (non-hydrogen) atoms. The first-order chi connectivity index (χ1) is 9.49. The number of rotatable bonds is 4. The predicted octanol–water partition coefficient (Wildman–Crippen LogP) is 2.63. The fraction of sp³-hybridized carbons (Fsp3) is 0.625. The van der Waals surface area contributed by atoms with Crippen LogP contribution in [0.3, 0.4) is 0 Å². The third-order valence-electron chi connectivity index (χ3n) is 4.45. The Labute approximate surface area is 120 Å². The zero-order valence-electron chi connectivity index (χ0n) is 12.7. The molecule has 2 atom stereocenters. The number of nitrogens with zero attached hydrogens (tertiary/aromatic N) is 1. The first-order valence-electron chi connectivity index (χ1n) is 7.24. The van der Waals surface area contributed by atoms with Crippen molar-refractivity contribution in [3.8, 4) is 0 Å². The first-order valence-corrected chi connectivity index (χ1v) is 7.24. The molecule has 0 aromatic heterocycles. The summed E-state index contributed by atoms with van der Waals surface area (Å²) in [6.45, 7) is 6.45. The van der Waals surface area contributed by atoms with Crippen molar-refractivity contribution >= 4 is 0 Å². The second-order valence-electron chi connectivity index (χ2n) is 5.98. The van der Waals surface area contributed by atoms with Crippen LogP contribution in [0.15, 0.2) is 18.2 Å². The Kier molecular flexibility index (Phi) is 4.78. The largest absolute Gasteiger partial charge is 0.377 e. The topological polar surface area (TPSA) is 38.5 Å². The summed E-state index contributed by atoms with van der Waals surface area (Å²) >= 11 is 0. The predicted molar refractivity (Wildman–Crippen MR) is 79.2 cm³/mol. The molecule has 1 aliphatic rings. The fourth-order valence-corrected chi connectivity index (χ4v) is 3.12. The summed E-state index contributed by atoms with van der Waals surface area (Å²) in [7, 11) is 1.76. The summed E-state index contributed by atoms with van der Waals surface area (Å²) in [5.41, 5.74) is 7.93. The highest BCUT2D eigenvalue weighted by molar-refractivity contribution is 5.30. The molecule has 0 amide bonds. The lowest BCUT2D eigenvalue weighted by Crippen LogP contribution is -2.50. The number of hydrogen-bond acceptors (Lipinski definition) is 3. The molecule has 0 radical (unpaired) electrons. The molecule has 1 saturated heterocycles. The normalized spacial score (nSPS) is 25.6. The van der Waals surface area contributed by atoms with Gasteiger partial charge in [0.2, 0.25) is 0 Å². The molecule has 1 aliphatic heterocycles. The molecule has 2 unspecified atom stereocenters. The Hall–Kier alpha value is -0.970. The molecule has 0 aliphatic carbocycles. The van der Waals surface area contributed by atoms with Gasteiger partial charge in [0.15, 0.2) is 0 Å². The van der Waals surface area contributed by atoms with E-state index in [2.05, 4.69) is 11.8 Å². The van der Waals surface area contributed by atoms with Gasteiger partial charge in [-0.3, -0.25) is 4.90 Å². The van der Waals surface area contributed by atoms with E-state index in [-0.39, 0.29) is 17.5 Å². The molecular formula is C16H25FN2O. The summed E-state index contributed by atoms with van der Waals surface area (Å²) in [5.74, 6) is -0.199. The van der Waals surface area contributed by atoms with E-state index in [1.165, 1.54) is 6.07 Å². The highest BCUT2D eigenvalue weighted by Crippen LogP contribution is 2.31. The minimum Gasteiger partial charge on any atom is -0.377 e. The van der Waals surface area contributed by atoms with Crippen LogP contribution < -0.4 is 5.73 Å². The maximum Gasteiger partial charge on any atom is 0.123 e. The van der Waals surface area contributed by atoms with E-state index in [0.717, 1.165) is 37.1 Å². The van der Waals surface area contributed by atoms with Crippen molar-refractivity contribution < 1.29 is 9.13 Å². The maximum absolute atomic E-state index is 13.5. The van der Waals surface area contributed by atoms with E-state index in [0.29, 0.717) is 6.54 Å². The number of benzene rings is 1. The molecule has 2 rings (SSSR count). The molecule has 1 aromatic carbocycles. The molecule has 1 fully saturated rings. The van der Waals surface area contributed by atoms with Crippen LogP contribution in [0, 0.1) is 12.7 Å². The van der Waals surface area contributed by atoms with Gasteiger partial charge in [-0.1, -0.05) is 6.07 Å². The van der Waals surface area contributed by atoms with Crippen molar-refractivity contribution in [2.45, 2.75) is 38.3 Å². The minimum atomic E-state index is -0.199. The number of likely N-dealkylation sites (tertiary alicyclic amines) is 1. The van der Waals surface area contributed by atoms with Crippen molar-refractivity contribution in [1.29, 1.82) is 0 Å². The van der Waals surface area contributed by atoms with Crippen LogP contribution in [0.25, 0.3) is 0 Å². The minimum absolute atomic E-state index is 0.0560. The average Bonchev–Trinajstić information content (AvgIpc) is 2.44. The highest BCUT2D eigenvalue weighted by Gasteiger charge is 2.34. The van der Waals surface area contributed by atoms with Crippen molar-refractivity contribution in [3.05, 3.63) is 35.1 Å². The molecule has 0 spiro atoms. The van der Waals surface area contributed by atoms with E-state index in [1.54, 1.807) is 13.2 Å². The third-order valence-corrected chi connectivity index (χ3v) is 4.45. The molecule has 0 saturated carbocycles. The SMILES string of the molecule is COC1(C)CCCN(C(CN)c2cc(F)ccc2C)C1. The Balaban J connectivity index is 2.25. The lowest BCUT2D eigenvalue weighted by atomic mass is 9.91. The quantitative estimate of drug-likeness (QED) is 0.921. The lowest BCUT2D eigenvalue weighted by Gasteiger charge is -2.43. The summed E-state index contributed by atoms with van der Waals surface area (Å²) in [6, 6.07) is 5.00. The van der Waals surface area contributed by atoms with E-state index in [9.17, 15) is 4.39 Å². The van der Waals surface area contributed by atoms with E-state index in [4.69, 9.17) is 10.5 Å². The number of piperidine rings is 1. The number of nitrogens with two attached hydrogens (primary N) is 1. The molecule has 0 bridgehead atoms. The Morgan fingerprint density at radius 2 is 2.25 bits per heavy atom. The number of halogens is 1. The van der Waals surface area contributed by atoms with Crippen LogP contribution in [-0.2, 0) is 4.74 Å². The number of aryl methyl sites for hydroxylation is 1. The summed E-state index contributed by atoms with van der Waals surface area (Å²) in [6.07, 6.45) is 2.13. The van der Waals surface area contributed by atoms with Gasteiger partial charge in [-0.05, 0) is 56.5 Å². The summed E-state index contributed by atoms with van der Waals surface area (Å²) in [5, 5.41) is 0. The number of ether oxygens (including phenoxy) is 1. The van der Waals surface area contributed by atoms with Crippen molar-refractivity contribution in [3.63, 3.8) is 0 Å². The zero-order valence-corrected chi connectivity index (χ0v) is 12.7. The van der Waals surface area contributed by atoms with Gasteiger partial charge in [-0.15, -0.1) is 0 Å². The smallest absolute Gasteiger partial charge is 0.123 e. The standard InChI is InChI=1S/C16H25FN2O/c1-12-5-6-13(17)9-14(12)15(10-18)19-8-4-7-16(2,11-19)20-3/h5-6,9,15H,4,7-8,10-11,18H2,1-3H3. The van der Waals surface area contributed by atoms with Crippen LogP contribution in [0.4, 0.5) is 4.39 Å². The molecule has 4 heteroatoms. The van der Waals surface area contributed by atoms with Crippen molar-refractivity contribution in [2.75, 3.05) is 26.7 Å². The van der Waals surface area contributed by atoms with Gasteiger partial charge in [0, 0.05) is 26.2 Å². The van der Waals surface area contributed by atoms with Crippen LogP contribution >= 0.6 is 0 Å². The Bertz CT molecular complexity index is 466. The van der Waals surface area contributed by atoms with Gasteiger partial charge in [0.25, 0.3) is 0 Å². The van der Waals surface area contributed by atoms with Gasteiger partial charge in [0.1, 0.15) is 5.82 Å². The first kappa shape index (κ1) is 15.4. The van der Waals surface area contributed by atoms with E-state index < -0.39 is 0 Å².